The van der Waals surface area contributed by atoms with Crippen molar-refractivity contribution in [1.29, 1.82) is 0 Å². The molecule has 0 aliphatic heterocycles. The van der Waals surface area contributed by atoms with Gasteiger partial charge in [-0.25, -0.2) is 4.57 Å². The molecule has 0 heterocycles. The van der Waals surface area contributed by atoms with E-state index in [0.29, 0.717) is 12.8 Å². The number of carbonyl (C=O) groups excluding carboxylic acids is 2. The maximum atomic E-state index is 12.8. The predicted molar refractivity (Wildman–Crippen MR) is 250 cm³/mol. The van der Waals surface area contributed by atoms with Gasteiger partial charge in [0.2, 0.25) is 0 Å². The maximum Gasteiger partial charge on any atom is 0.472 e. The third-order valence-electron chi connectivity index (χ3n) is 10.3. The van der Waals surface area contributed by atoms with Crippen LogP contribution in [-0.2, 0) is 32.7 Å². The topological polar surface area (TPSA) is 230 Å². The second kappa shape index (κ2) is 38.1. The number of rotatable bonds is 37. The average Bonchev–Trinajstić information content (AvgIpc) is 3.27. The Labute approximate surface area is 382 Å². The minimum atomic E-state index is -5.18. The van der Waals surface area contributed by atoms with Crippen LogP contribution in [0.1, 0.15) is 149 Å². The van der Waals surface area contributed by atoms with E-state index in [0.717, 1.165) is 38.5 Å². The van der Waals surface area contributed by atoms with Gasteiger partial charge in [0, 0.05) is 12.8 Å². The Bertz CT molecular complexity index is 1460. The van der Waals surface area contributed by atoms with Crippen LogP contribution in [0.3, 0.4) is 0 Å². The van der Waals surface area contributed by atoms with E-state index >= 15 is 0 Å². The number of esters is 2. The lowest BCUT2D eigenvalue weighted by Crippen LogP contribution is -2.64. The smallest absolute Gasteiger partial charge is 0.462 e. The predicted octanol–water partition coefficient (Wildman–Crippen LogP) is 8.25. The summed E-state index contributed by atoms with van der Waals surface area (Å²) in [5.74, 6) is -1.37. The van der Waals surface area contributed by atoms with Crippen molar-refractivity contribution in [3.63, 3.8) is 0 Å². The zero-order chi connectivity index (χ0) is 47.3. The number of phosphoric ester groups is 1. The Morgan fingerprint density at radius 2 is 1.03 bits per heavy atom. The molecule has 0 aromatic rings. The molecule has 7 N–H and O–H groups in total. The highest BCUT2D eigenvalue weighted by Crippen LogP contribution is 2.47. The quantitative estimate of drug-likeness (QED) is 0.0102. The van der Waals surface area contributed by atoms with Gasteiger partial charge in [-0.3, -0.25) is 18.6 Å². The number of unbranched alkanes of at least 4 members (excludes halogenated alkanes) is 10. The molecule has 15 heteroatoms. The Kier molecular flexibility index (Phi) is 35.2. The van der Waals surface area contributed by atoms with Crippen LogP contribution in [0.25, 0.3) is 0 Å². The van der Waals surface area contributed by atoms with Crippen molar-refractivity contribution < 1.29 is 68.2 Å². The second-order valence-electron chi connectivity index (χ2n) is 16.1. The summed E-state index contributed by atoms with van der Waals surface area (Å²) in [5.41, 5.74) is 0. The number of phosphoric acid groups is 1. The van der Waals surface area contributed by atoms with E-state index in [1.54, 1.807) is 12.2 Å². The third-order valence-corrected chi connectivity index (χ3v) is 11.3. The molecule has 0 radical (unpaired) electrons. The van der Waals surface area contributed by atoms with Crippen LogP contribution in [0.5, 0.6) is 0 Å². The Balaban J connectivity index is 2.59. The van der Waals surface area contributed by atoms with Crippen LogP contribution in [0.15, 0.2) is 85.1 Å². The molecule has 1 aliphatic rings. The van der Waals surface area contributed by atoms with Crippen molar-refractivity contribution in [2.45, 2.75) is 198 Å². The normalized spacial score (nSPS) is 22.8. The fourth-order valence-corrected chi connectivity index (χ4v) is 7.44. The summed E-state index contributed by atoms with van der Waals surface area (Å²) in [7, 11) is -5.18. The van der Waals surface area contributed by atoms with E-state index in [1.165, 1.54) is 57.8 Å². The van der Waals surface area contributed by atoms with Gasteiger partial charge in [-0.15, -0.1) is 0 Å². The molecule has 1 rings (SSSR count). The lowest BCUT2D eigenvalue weighted by molar-refractivity contribution is -0.220. The fraction of sp³-hybridized carbons (Fsp3) is 0.673. The summed E-state index contributed by atoms with van der Waals surface area (Å²) < 4.78 is 33.3. The number of ether oxygens (including phenoxy) is 2. The average molecular weight is 925 g/mol. The van der Waals surface area contributed by atoms with Crippen LogP contribution >= 0.6 is 7.82 Å². The SMILES string of the molecule is CCCCC/C=C\C/C=C\C/C=C\C=C\[C@@H](O)CCCC(=O)OC[C@H](COP(=O)(O)OC1[C@H](O)[C@H](O)C(O)[C@H](O)[C@H]1O)OC(=O)CCC/C=C\C/C=C\C/C=C\CCCCCCCC. The van der Waals surface area contributed by atoms with E-state index in [2.05, 4.69) is 62.5 Å². The first kappa shape index (κ1) is 59.0. The van der Waals surface area contributed by atoms with E-state index < -0.39 is 81.8 Å². The standard InChI is InChI=1S/C49H81O14P/c1-3-5-7-9-11-13-15-17-18-19-20-22-24-26-28-30-32-36-43(52)62-41(39-61-64(58,59)63-49-47(56)45(54)44(53)46(55)48(49)57)38-60-42(51)37-33-35-40(50)34-31-29-27-25-23-21-16-14-12-10-8-6-4-2/h12,14,17-18,20-23,26-29,31,34,40-41,44-50,53-57H,3-11,13,15-16,19,24-25,30,32-33,35-39H2,1-2H3,(H,58,59)/b14-12-,18-17-,22-20-,23-21-,28-26-,29-27-,34-31+/t40-,41-,44?,45-,46+,47-,48-,49?/m1/s1. The number of allylic oxidation sites excluding steroid dienone is 13. The van der Waals surface area contributed by atoms with Crippen LogP contribution in [0.4, 0.5) is 0 Å². The Hall–Kier alpha value is -3.01. The Morgan fingerprint density at radius 1 is 0.562 bits per heavy atom. The van der Waals surface area contributed by atoms with Gasteiger partial charge in [0.25, 0.3) is 0 Å². The van der Waals surface area contributed by atoms with Crippen LogP contribution in [0.2, 0.25) is 0 Å². The van der Waals surface area contributed by atoms with Crippen LogP contribution < -0.4 is 0 Å². The molecular weight excluding hydrogens is 843 g/mol. The van der Waals surface area contributed by atoms with E-state index in [9.17, 15) is 49.7 Å². The number of carbonyl (C=O) groups is 2. The molecule has 1 aliphatic carbocycles. The summed E-state index contributed by atoms with van der Waals surface area (Å²) in [4.78, 5) is 35.7. The molecule has 0 aromatic carbocycles. The van der Waals surface area contributed by atoms with E-state index in [4.69, 9.17) is 18.5 Å². The third kappa shape index (κ3) is 30.2. The number of aliphatic hydroxyl groups excluding tert-OH is 6. The first-order chi connectivity index (χ1) is 30.8. The Morgan fingerprint density at radius 3 is 1.62 bits per heavy atom. The lowest BCUT2D eigenvalue weighted by Gasteiger charge is -2.41. The molecule has 0 saturated heterocycles. The molecule has 0 bridgehead atoms. The molecule has 3 unspecified atom stereocenters. The molecule has 0 amide bonds. The van der Waals surface area contributed by atoms with Crippen molar-refractivity contribution in [2.24, 2.45) is 0 Å². The van der Waals surface area contributed by atoms with E-state index in [1.807, 2.05) is 24.3 Å². The molecule has 1 saturated carbocycles. The molecule has 14 nitrogen and oxygen atoms in total. The van der Waals surface area contributed by atoms with Gasteiger partial charge >= 0.3 is 19.8 Å². The molecular formula is C49H81O14P. The summed E-state index contributed by atoms with van der Waals surface area (Å²) in [5, 5.41) is 60.4. The zero-order valence-electron chi connectivity index (χ0n) is 38.4. The van der Waals surface area contributed by atoms with Gasteiger partial charge in [0.1, 0.15) is 43.2 Å². The van der Waals surface area contributed by atoms with Gasteiger partial charge in [-0.2, -0.15) is 0 Å². The first-order valence-electron chi connectivity index (χ1n) is 23.5. The summed E-state index contributed by atoms with van der Waals surface area (Å²) in [6.45, 7) is 3.04. The fourth-order valence-electron chi connectivity index (χ4n) is 6.46. The van der Waals surface area contributed by atoms with Gasteiger partial charge in [0.05, 0.1) is 12.7 Å². The molecule has 1 fully saturated rings. The molecule has 366 valence electrons. The number of hydrogen-bond donors (Lipinski definition) is 7. The minimum absolute atomic E-state index is 0.0198. The highest BCUT2D eigenvalue weighted by Gasteiger charge is 2.51. The molecule has 0 aromatic heterocycles. The zero-order valence-corrected chi connectivity index (χ0v) is 39.3. The van der Waals surface area contributed by atoms with Gasteiger partial charge in [0.15, 0.2) is 6.10 Å². The van der Waals surface area contributed by atoms with Crippen molar-refractivity contribution >= 4 is 19.8 Å². The maximum absolute atomic E-state index is 12.8. The highest BCUT2D eigenvalue weighted by atomic mass is 31.2. The number of hydrogen-bond acceptors (Lipinski definition) is 13. The summed E-state index contributed by atoms with van der Waals surface area (Å²) in [6.07, 6.45) is 32.3. The van der Waals surface area contributed by atoms with Crippen molar-refractivity contribution in [3.05, 3.63) is 85.1 Å². The second-order valence-corrected chi connectivity index (χ2v) is 17.5. The van der Waals surface area contributed by atoms with Gasteiger partial charge in [-0.05, 0) is 77.0 Å². The largest absolute Gasteiger partial charge is 0.472 e. The van der Waals surface area contributed by atoms with E-state index in [-0.39, 0.29) is 25.7 Å². The van der Waals surface area contributed by atoms with Crippen LogP contribution in [0, 0.1) is 0 Å². The van der Waals surface area contributed by atoms with Gasteiger partial charge < -0.3 is 45.0 Å². The van der Waals surface area contributed by atoms with Crippen LogP contribution in [-0.4, -0.2) is 110 Å². The molecule has 64 heavy (non-hydrogen) atoms. The summed E-state index contributed by atoms with van der Waals surface area (Å²) in [6, 6.07) is 0. The minimum Gasteiger partial charge on any atom is -0.462 e. The highest BCUT2D eigenvalue weighted by molar-refractivity contribution is 7.47. The van der Waals surface area contributed by atoms with Crippen molar-refractivity contribution in [2.75, 3.05) is 13.2 Å². The first-order valence-corrected chi connectivity index (χ1v) is 25.0. The number of aliphatic hydroxyl groups is 6. The summed E-state index contributed by atoms with van der Waals surface area (Å²) >= 11 is 0. The van der Waals surface area contributed by atoms with Gasteiger partial charge in [-0.1, -0.05) is 144 Å². The van der Waals surface area contributed by atoms with Crippen molar-refractivity contribution in [3.8, 4) is 0 Å². The lowest BCUT2D eigenvalue weighted by atomic mass is 9.85. The van der Waals surface area contributed by atoms with Crippen molar-refractivity contribution in [1.82, 2.24) is 0 Å². The molecule has 0 spiro atoms. The molecule has 9 atom stereocenters. The monoisotopic (exact) mass is 925 g/mol.